The summed E-state index contributed by atoms with van der Waals surface area (Å²) in [7, 11) is 3.42. The maximum Gasteiger partial charge on any atom is 0.253 e. The zero-order chi connectivity index (χ0) is 16.7. The number of amides is 2. The SMILES string of the molecule is CN(C)C(=O)c1ccc(C(=O)NCCCN2CCNCC2)cc1.Cl. The van der Waals surface area contributed by atoms with E-state index in [4.69, 9.17) is 0 Å². The summed E-state index contributed by atoms with van der Waals surface area (Å²) in [6, 6.07) is 6.78. The maximum atomic E-state index is 12.1. The molecule has 0 spiro atoms. The van der Waals surface area contributed by atoms with E-state index < -0.39 is 0 Å². The minimum atomic E-state index is -0.0887. The van der Waals surface area contributed by atoms with E-state index >= 15 is 0 Å². The molecule has 1 heterocycles. The van der Waals surface area contributed by atoms with Crippen molar-refractivity contribution in [2.75, 3.05) is 53.4 Å². The topological polar surface area (TPSA) is 64.7 Å². The van der Waals surface area contributed by atoms with Gasteiger partial charge in [0, 0.05) is 57.9 Å². The van der Waals surface area contributed by atoms with Crippen LogP contribution in [0.3, 0.4) is 0 Å². The molecule has 2 rings (SSSR count). The van der Waals surface area contributed by atoms with Gasteiger partial charge in [-0.2, -0.15) is 0 Å². The fraction of sp³-hybridized carbons (Fsp3) is 0.529. The van der Waals surface area contributed by atoms with Crippen LogP contribution < -0.4 is 10.6 Å². The normalized spacial score (nSPS) is 14.6. The molecule has 1 saturated heterocycles. The molecule has 1 aromatic carbocycles. The van der Waals surface area contributed by atoms with Gasteiger partial charge in [-0.25, -0.2) is 0 Å². The van der Waals surface area contributed by atoms with E-state index in [1.165, 1.54) is 4.90 Å². The molecule has 24 heavy (non-hydrogen) atoms. The molecule has 0 aliphatic carbocycles. The van der Waals surface area contributed by atoms with Crippen LogP contribution in [0.4, 0.5) is 0 Å². The summed E-state index contributed by atoms with van der Waals surface area (Å²) in [5.74, 6) is -0.151. The van der Waals surface area contributed by atoms with E-state index in [0.717, 1.165) is 39.1 Å². The predicted molar refractivity (Wildman–Crippen MR) is 98.0 cm³/mol. The Morgan fingerprint density at radius 1 is 1.12 bits per heavy atom. The van der Waals surface area contributed by atoms with Gasteiger partial charge in [-0.1, -0.05) is 0 Å². The van der Waals surface area contributed by atoms with Crippen molar-refractivity contribution in [2.24, 2.45) is 0 Å². The largest absolute Gasteiger partial charge is 0.352 e. The molecule has 0 atom stereocenters. The lowest BCUT2D eigenvalue weighted by Gasteiger charge is -2.27. The number of benzene rings is 1. The molecular weight excluding hydrogens is 328 g/mol. The number of nitrogens with one attached hydrogen (secondary N) is 2. The minimum absolute atomic E-state index is 0. The Bertz CT molecular complexity index is 528. The van der Waals surface area contributed by atoms with E-state index in [9.17, 15) is 9.59 Å². The third-order valence-electron chi connectivity index (χ3n) is 3.95. The van der Waals surface area contributed by atoms with Crippen LogP contribution >= 0.6 is 12.4 Å². The van der Waals surface area contributed by atoms with E-state index in [2.05, 4.69) is 15.5 Å². The third-order valence-corrected chi connectivity index (χ3v) is 3.95. The number of piperazine rings is 1. The van der Waals surface area contributed by atoms with Crippen molar-refractivity contribution in [3.05, 3.63) is 35.4 Å². The van der Waals surface area contributed by atoms with E-state index in [0.29, 0.717) is 17.7 Å². The molecule has 2 amide bonds. The average molecular weight is 355 g/mol. The van der Waals surface area contributed by atoms with Gasteiger partial charge in [0.15, 0.2) is 0 Å². The van der Waals surface area contributed by atoms with Crippen LogP contribution in [-0.2, 0) is 0 Å². The molecule has 134 valence electrons. The predicted octanol–water partition coefficient (Wildman–Crippen LogP) is 0.835. The number of carbonyl (C=O) groups is 2. The van der Waals surface area contributed by atoms with Crippen molar-refractivity contribution in [1.82, 2.24) is 20.4 Å². The van der Waals surface area contributed by atoms with Gasteiger partial charge in [-0.15, -0.1) is 12.4 Å². The summed E-state index contributed by atoms with van der Waals surface area (Å²) < 4.78 is 0. The zero-order valence-corrected chi connectivity index (χ0v) is 15.2. The zero-order valence-electron chi connectivity index (χ0n) is 14.4. The Morgan fingerprint density at radius 3 is 2.29 bits per heavy atom. The van der Waals surface area contributed by atoms with Crippen LogP contribution in [0.5, 0.6) is 0 Å². The Morgan fingerprint density at radius 2 is 1.71 bits per heavy atom. The molecule has 2 N–H and O–H groups in total. The monoisotopic (exact) mass is 354 g/mol. The van der Waals surface area contributed by atoms with Crippen molar-refractivity contribution in [3.8, 4) is 0 Å². The standard InChI is InChI=1S/C17H26N4O2.ClH/c1-20(2)17(23)15-6-4-14(5-7-15)16(22)19-8-3-11-21-12-9-18-10-13-21;/h4-7,18H,3,8-13H2,1-2H3,(H,19,22);1H. The first-order valence-electron chi connectivity index (χ1n) is 8.11. The van der Waals surface area contributed by atoms with Gasteiger partial charge in [-0.3, -0.25) is 9.59 Å². The summed E-state index contributed by atoms with van der Waals surface area (Å²) in [5.41, 5.74) is 1.17. The van der Waals surface area contributed by atoms with Crippen molar-refractivity contribution >= 4 is 24.2 Å². The van der Waals surface area contributed by atoms with Crippen LogP contribution in [-0.4, -0.2) is 75.0 Å². The van der Waals surface area contributed by atoms with E-state index in [1.54, 1.807) is 38.4 Å². The van der Waals surface area contributed by atoms with Crippen LogP contribution in [0.1, 0.15) is 27.1 Å². The first-order valence-corrected chi connectivity index (χ1v) is 8.11. The van der Waals surface area contributed by atoms with Crippen LogP contribution in [0.15, 0.2) is 24.3 Å². The number of nitrogens with zero attached hydrogens (tertiary/aromatic N) is 2. The molecular formula is C17H27ClN4O2. The smallest absolute Gasteiger partial charge is 0.253 e. The molecule has 1 fully saturated rings. The highest BCUT2D eigenvalue weighted by Crippen LogP contribution is 2.06. The molecule has 6 nitrogen and oxygen atoms in total. The first-order chi connectivity index (χ1) is 11.1. The number of halogens is 1. The van der Waals surface area contributed by atoms with Crippen LogP contribution in [0.2, 0.25) is 0 Å². The summed E-state index contributed by atoms with van der Waals surface area (Å²) in [6.45, 7) is 5.93. The van der Waals surface area contributed by atoms with E-state index in [-0.39, 0.29) is 24.2 Å². The fourth-order valence-corrected chi connectivity index (χ4v) is 2.56. The summed E-state index contributed by atoms with van der Waals surface area (Å²) in [5, 5.41) is 6.26. The quantitative estimate of drug-likeness (QED) is 0.743. The van der Waals surface area contributed by atoms with E-state index in [1.807, 2.05) is 0 Å². The number of hydrogen-bond donors (Lipinski definition) is 2. The van der Waals surface area contributed by atoms with Crippen LogP contribution in [0.25, 0.3) is 0 Å². The third kappa shape index (κ3) is 6.11. The number of hydrogen-bond acceptors (Lipinski definition) is 4. The second-order valence-electron chi connectivity index (χ2n) is 5.98. The molecule has 0 radical (unpaired) electrons. The lowest BCUT2D eigenvalue weighted by atomic mass is 10.1. The van der Waals surface area contributed by atoms with Gasteiger partial charge in [0.1, 0.15) is 0 Å². The molecule has 0 unspecified atom stereocenters. The van der Waals surface area contributed by atoms with Crippen molar-refractivity contribution in [2.45, 2.75) is 6.42 Å². The van der Waals surface area contributed by atoms with Gasteiger partial charge < -0.3 is 20.4 Å². The lowest BCUT2D eigenvalue weighted by Crippen LogP contribution is -2.44. The van der Waals surface area contributed by atoms with Gasteiger partial charge in [0.2, 0.25) is 0 Å². The number of carbonyl (C=O) groups excluding carboxylic acids is 2. The molecule has 0 bridgehead atoms. The molecule has 7 heteroatoms. The Hall–Kier alpha value is -1.63. The molecule has 1 aliphatic heterocycles. The highest BCUT2D eigenvalue weighted by Gasteiger charge is 2.11. The van der Waals surface area contributed by atoms with Crippen LogP contribution in [0, 0.1) is 0 Å². The second kappa shape index (κ2) is 10.3. The molecule has 0 saturated carbocycles. The Labute approximate surface area is 150 Å². The molecule has 1 aromatic rings. The maximum absolute atomic E-state index is 12.1. The molecule has 1 aliphatic rings. The highest BCUT2D eigenvalue weighted by atomic mass is 35.5. The number of rotatable bonds is 6. The van der Waals surface area contributed by atoms with Gasteiger partial charge in [-0.05, 0) is 37.2 Å². The highest BCUT2D eigenvalue weighted by molar-refractivity contribution is 5.97. The second-order valence-corrected chi connectivity index (χ2v) is 5.98. The lowest BCUT2D eigenvalue weighted by molar-refractivity contribution is 0.0826. The minimum Gasteiger partial charge on any atom is -0.352 e. The summed E-state index contributed by atoms with van der Waals surface area (Å²) in [4.78, 5) is 27.8. The van der Waals surface area contributed by atoms with Gasteiger partial charge in [0.05, 0.1) is 0 Å². The average Bonchev–Trinajstić information content (AvgIpc) is 2.59. The fourth-order valence-electron chi connectivity index (χ4n) is 2.56. The first kappa shape index (κ1) is 20.4. The summed E-state index contributed by atoms with van der Waals surface area (Å²) >= 11 is 0. The van der Waals surface area contributed by atoms with Gasteiger partial charge in [0.25, 0.3) is 11.8 Å². The Balaban J connectivity index is 0.00000288. The Kier molecular flexibility index (Phi) is 8.74. The van der Waals surface area contributed by atoms with Crippen molar-refractivity contribution in [3.63, 3.8) is 0 Å². The molecule has 0 aromatic heterocycles. The summed E-state index contributed by atoms with van der Waals surface area (Å²) in [6.07, 6.45) is 0.947. The van der Waals surface area contributed by atoms with Crippen molar-refractivity contribution in [1.29, 1.82) is 0 Å². The van der Waals surface area contributed by atoms with Crippen molar-refractivity contribution < 1.29 is 9.59 Å². The van der Waals surface area contributed by atoms with Gasteiger partial charge >= 0.3 is 0 Å².